The highest BCUT2D eigenvalue weighted by molar-refractivity contribution is 14.0. The largest absolute Gasteiger partial charge is 0.357 e. The molecule has 0 bridgehead atoms. The van der Waals surface area contributed by atoms with Crippen molar-refractivity contribution in [3.05, 3.63) is 30.1 Å². The number of sulfone groups is 1. The highest BCUT2D eigenvalue weighted by Crippen LogP contribution is 2.16. The summed E-state index contributed by atoms with van der Waals surface area (Å²) in [6.07, 6.45) is 3.51. The quantitative estimate of drug-likeness (QED) is 0.218. The van der Waals surface area contributed by atoms with Gasteiger partial charge >= 0.3 is 0 Å². The first-order valence-corrected chi connectivity index (χ1v) is 11.8. The minimum absolute atomic E-state index is 0. The average Bonchev–Trinajstić information content (AvgIpc) is 2.66. The number of aliphatic imine (C=N–C) groups is 1. The van der Waals surface area contributed by atoms with Gasteiger partial charge in [0.05, 0.1) is 5.75 Å². The van der Waals surface area contributed by atoms with Gasteiger partial charge in [0.1, 0.15) is 10.7 Å². The molecular formula is C20H34FIN4O2S. The number of hydrogen-bond acceptors (Lipinski definition) is 4. The van der Waals surface area contributed by atoms with E-state index in [1.54, 1.807) is 0 Å². The normalized spacial score (nSPS) is 16.3. The van der Waals surface area contributed by atoms with Crippen molar-refractivity contribution in [3.63, 3.8) is 0 Å². The summed E-state index contributed by atoms with van der Waals surface area (Å²) in [7, 11) is -3.67. The Morgan fingerprint density at radius 2 is 1.93 bits per heavy atom. The van der Waals surface area contributed by atoms with Crippen molar-refractivity contribution < 1.29 is 12.8 Å². The SMILES string of the molecule is CCNC(=NCCCN1CCC(C)CC1)NCCS(=O)(=O)c1ccccc1F.I. The Morgan fingerprint density at radius 3 is 2.59 bits per heavy atom. The lowest BCUT2D eigenvalue weighted by Crippen LogP contribution is -2.40. The van der Waals surface area contributed by atoms with Crippen molar-refractivity contribution >= 4 is 39.8 Å². The molecule has 1 aliphatic rings. The van der Waals surface area contributed by atoms with Gasteiger partial charge in [0.15, 0.2) is 15.8 Å². The second kappa shape index (κ2) is 13.4. The topological polar surface area (TPSA) is 73.8 Å². The van der Waals surface area contributed by atoms with Crippen LogP contribution in [0, 0.1) is 11.7 Å². The Balaban J connectivity index is 0.00000420. The number of nitrogens with one attached hydrogen (secondary N) is 2. The van der Waals surface area contributed by atoms with Crippen LogP contribution in [0.2, 0.25) is 0 Å². The van der Waals surface area contributed by atoms with Crippen LogP contribution in [0.1, 0.15) is 33.1 Å². The van der Waals surface area contributed by atoms with Crippen molar-refractivity contribution in [1.82, 2.24) is 15.5 Å². The van der Waals surface area contributed by atoms with Gasteiger partial charge in [0, 0.05) is 19.6 Å². The molecule has 0 aromatic heterocycles. The van der Waals surface area contributed by atoms with E-state index in [1.165, 1.54) is 31.0 Å². The van der Waals surface area contributed by atoms with Crippen LogP contribution in [-0.4, -0.2) is 64.3 Å². The smallest absolute Gasteiger partial charge is 0.191 e. The molecule has 0 saturated carbocycles. The van der Waals surface area contributed by atoms with Crippen molar-refractivity contribution in [1.29, 1.82) is 0 Å². The Morgan fingerprint density at radius 1 is 1.24 bits per heavy atom. The first-order valence-electron chi connectivity index (χ1n) is 10.1. The fraction of sp³-hybridized carbons (Fsp3) is 0.650. The van der Waals surface area contributed by atoms with E-state index in [0.29, 0.717) is 19.0 Å². The third-order valence-corrected chi connectivity index (χ3v) is 6.70. The Kier molecular flexibility index (Phi) is 12.0. The molecule has 2 N–H and O–H groups in total. The molecule has 2 rings (SSSR count). The standard InChI is InChI=1S/C20H33FN4O2S.HI/c1-3-22-20(23-11-6-13-25-14-9-17(2)10-15-25)24-12-16-28(26,27)19-8-5-4-7-18(19)21;/h4-5,7-8,17H,3,6,9-16H2,1-2H3,(H2,22,23,24);1H. The maximum atomic E-state index is 13.7. The number of likely N-dealkylation sites (tertiary alicyclic amines) is 1. The summed E-state index contributed by atoms with van der Waals surface area (Å²) in [5.41, 5.74) is 0. The van der Waals surface area contributed by atoms with E-state index in [0.717, 1.165) is 38.0 Å². The summed E-state index contributed by atoms with van der Waals surface area (Å²) in [6.45, 7) is 9.18. The lowest BCUT2D eigenvalue weighted by atomic mass is 9.99. The van der Waals surface area contributed by atoms with Crippen LogP contribution in [0.25, 0.3) is 0 Å². The predicted octanol–water partition coefficient (Wildman–Crippen LogP) is 2.89. The Hall–Kier alpha value is -0.940. The van der Waals surface area contributed by atoms with Gasteiger partial charge in [-0.15, -0.1) is 24.0 Å². The molecule has 1 aromatic rings. The fourth-order valence-corrected chi connectivity index (χ4v) is 4.47. The van der Waals surface area contributed by atoms with Crippen LogP contribution in [0.5, 0.6) is 0 Å². The predicted molar refractivity (Wildman–Crippen MR) is 127 cm³/mol. The summed E-state index contributed by atoms with van der Waals surface area (Å²) in [5, 5.41) is 6.15. The second-order valence-corrected chi connectivity index (χ2v) is 9.39. The molecule has 9 heteroatoms. The number of piperidine rings is 1. The monoisotopic (exact) mass is 540 g/mol. The van der Waals surface area contributed by atoms with E-state index < -0.39 is 15.7 Å². The van der Waals surface area contributed by atoms with Gasteiger partial charge in [-0.3, -0.25) is 4.99 Å². The van der Waals surface area contributed by atoms with Crippen LogP contribution >= 0.6 is 24.0 Å². The summed E-state index contributed by atoms with van der Waals surface area (Å²) in [6, 6.07) is 5.46. The fourth-order valence-electron chi connectivity index (χ4n) is 3.22. The molecule has 1 saturated heterocycles. The van der Waals surface area contributed by atoms with Gasteiger partial charge in [0.2, 0.25) is 0 Å². The van der Waals surface area contributed by atoms with Gasteiger partial charge in [-0.25, -0.2) is 12.8 Å². The van der Waals surface area contributed by atoms with Gasteiger partial charge < -0.3 is 15.5 Å². The average molecular weight is 540 g/mol. The molecule has 0 radical (unpaired) electrons. The van der Waals surface area contributed by atoms with Crippen LogP contribution < -0.4 is 10.6 Å². The Bertz CT molecular complexity index is 738. The number of benzene rings is 1. The minimum Gasteiger partial charge on any atom is -0.357 e. The highest BCUT2D eigenvalue weighted by Gasteiger charge is 2.18. The first-order chi connectivity index (χ1) is 13.4. The molecule has 0 spiro atoms. The van der Waals surface area contributed by atoms with Crippen molar-refractivity contribution in [2.24, 2.45) is 10.9 Å². The summed E-state index contributed by atoms with van der Waals surface area (Å²) >= 11 is 0. The summed E-state index contributed by atoms with van der Waals surface area (Å²) < 4.78 is 38.3. The number of rotatable bonds is 9. The molecule has 0 atom stereocenters. The zero-order chi connectivity index (χ0) is 20.4. The van der Waals surface area contributed by atoms with Crippen LogP contribution in [0.4, 0.5) is 4.39 Å². The molecule has 0 unspecified atom stereocenters. The van der Waals surface area contributed by atoms with E-state index in [-0.39, 0.29) is 41.2 Å². The molecule has 1 heterocycles. The lowest BCUT2D eigenvalue weighted by molar-refractivity contribution is 0.192. The maximum absolute atomic E-state index is 13.7. The summed E-state index contributed by atoms with van der Waals surface area (Å²) in [5.74, 6) is 0.526. The zero-order valence-corrected chi connectivity index (χ0v) is 20.5. The van der Waals surface area contributed by atoms with Gasteiger partial charge in [-0.05, 0) is 63.9 Å². The minimum atomic E-state index is -3.67. The number of guanidine groups is 1. The van der Waals surface area contributed by atoms with Crippen molar-refractivity contribution in [3.8, 4) is 0 Å². The van der Waals surface area contributed by atoms with Crippen LogP contribution in [-0.2, 0) is 9.84 Å². The third-order valence-electron chi connectivity index (χ3n) is 4.96. The van der Waals surface area contributed by atoms with E-state index in [4.69, 9.17) is 0 Å². The number of halogens is 2. The van der Waals surface area contributed by atoms with Gasteiger partial charge in [0.25, 0.3) is 0 Å². The van der Waals surface area contributed by atoms with E-state index in [9.17, 15) is 12.8 Å². The van der Waals surface area contributed by atoms with Gasteiger partial charge in [-0.1, -0.05) is 19.1 Å². The number of hydrogen-bond donors (Lipinski definition) is 2. The van der Waals surface area contributed by atoms with Crippen LogP contribution in [0.15, 0.2) is 34.2 Å². The molecular weight excluding hydrogens is 506 g/mol. The van der Waals surface area contributed by atoms with E-state index in [1.807, 2.05) is 6.92 Å². The van der Waals surface area contributed by atoms with Gasteiger partial charge in [-0.2, -0.15) is 0 Å². The van der Waals surface area contributed by atoms with Crippen molar-refractivity contribution in [2.75, 3.05) is 45.0 Å². The second-order valence-electron chi connectivity index (χ2n) is 7.31. The zero-order valence-electron chi connectivity index (χ0n) is 17.4. The first kappa shape index (κ1) is 26.1. The Labute approximate surface area is 191 Å². The van der Waals surface area contributed by atoms with Crippen molar-refractivity contribution in [2.45, 2.75) is 38.0 Å². The molecule has 0 amide bonds. The molecule has 1 aromatic carbocycles. The number of nitrogens with zero attached hydrogens (tertiary/aromatic N) is 2. The third kappa shape index (κ3) is 9.17. The molecule has 1 fully saturated rings. The summed E-state index contributed by atoms with van der Waals surface area (Å²) in [4.78, 5) is 6.75. The molecule has 1 aliphatic heterocycles. The molecule has 166 valence electrons. The van der Waals surface area contributed by atoms with E-state index >= 15 is 0 Å². The maximum Gasteiger partial charge on any atom is 0.191 e. The van der Waals surface area contributed by atoms with E-state index in [2.05, 4.69) is 27.4 Å². The molecule has 0 aliphatic carbocycles. The lowest BCUT2D eigenvalue weighted by Gasteiger charge is -2.29. The molecule has 6 nitrogen and oxygen atoms in total. The molecule has 29 heavy (non-hydrogen) atoms. The highest BCUT2D eigenvalue weighted by atomic mass is 127. The van der Waals surface area contributed by atoms with Crippen LogP contribution in [0.3, 0.4) is 0 Å².